The molecule has 55 heavy (non-hydrogen) atoms. The Kier molecular flexibility index (Phi) is 9.03. The van der Waals surface area contributed by atoms with Crippen molar-refractivity contribution < 1.29 is 48.8 Å². The van der Waals surface area contributed by atoms with Crippen LogP contribution in [0.2, 0.25) is 0 Å². The molecule has 2 aromatic heterocycles. The van der Waals surface area contributed by atoms with Gasteiger partial charge >= 0.3 is 6.29 Å². The maximum absolute atomic E-state index is 13.7. The molecule has 2 amide bonds. The summed E-state index contributed by atoms with van der Waals surface area (Å²) in [6, 6.07) is 16.3. The summed E-state index contributed by atoms with van der Waals surface area (Å²) in [6.07, 6.45) is 1.79. The maximum atomic E-state index is 13.7. The maximum Gasteiger partial charge on any atom is 0.586 e. The van der Waals surface area contributed by atoms with Crippen LogP contribution in [0.3, 0.4) is 0 Å². The van der Waals surface area contributed by atoms with Crippen LogP contribution in [-0.4, -0.2) is 44.8 Å². The van der Waals surface area contributed by atoms with Gasteiger partial charge < -0.3 is 29.6 Å². The quantitative estimate of drug-likeness (QED) is 0.160. The van der Waals surface area contributed by atoms with Crippen molar-refractivity contribution in [3.8, 4) is 45.5 Å². The second kappa shape index (κ2) is 14.7. The van der Waals surface area contributed by atoms with Gasteiger partial charge in [-0.1, -0.05) is 23.8 Å². The van der Waals surface area contributed by atoms with Crippen molar-refractivity contribution in [1.82, 2.24) is 19.9 Å². The van der Waals surface area contributed by atoms with E-state index in [1.54, 1.807) is 38.1 Å². The lowest BCUT2D eigenvalue weighted by atomic mass is 10.1. The van der Waals surface area contributed by atoms with Crippen molar-refractivity contribution >= 4 is 23.5 Å². The van der Waals surface area contributed by atoms with Gasteiger partial charge in [0.2, 0.25) is 6.75 Å². The summed E-state index contributed by atoms with van der Waals surface area (Å²) in [4.78, 5) is 41.1. The Labute approximate surface area is 312 Å². The Morgan fingerprint density at radius 2 is 1.16 bits per heavy atom. The Morgan fingerprint density at radius 1 is 0.673 bits per heavy atom. The molecule has 4 heterocycles. The number of ether oxygens (including phenoxy) is 4. The minimum atomic E-state index is -3.68. The number of aromatic nitrogens is 4. The largest absolute Gasteiger partial charge is 0.586 e. The third-order valence-electron chi connectivity index (χ3n) is 8.18. The number of hydrogen-bond donors (Lipinski definition) is 2. The lowest BCUT2D eigenvalue weighted by Gasteiger charge is -2.09. The van der Waals surface area contributed by atoms with Gasteiger partial charge in [0.05, 0.1) is 36.2 Å². The summed E-state index contributed by atoms with van der Waals surface area (Å²) < 4.78 is 88.0. The molecule has 0 aliphatic carbocycles. The van der Waals surface area contributed by atoms with Gasteiger partial charge in [-0.25, -0.2) is 18.7 Å². The van der Waals surface area contributed by atoms with Gasteiger partial charge in [-0.15, -0.1) is 8.78 Å². The van der Waals surface area contributed by atoms with E-state index < -0.39 is 36.1 Å². The van der Waals surface area contributed by atoms with E-state index in [0.717, 1.165) is 29.3 Å². The normalized spacial score (nSPS) is 14.5. The number of anilines is 2. The zero-order chi connectivity index (χ0) is 40.6. The average Bonchev–Trinajstić information content (AvgIpc) is 3.63. The molecule has 278 valence electrons. The Morgan fingerprint density at radius 3 is 1.71 bits per heavy atom. The highest BCUT2D eigenvalue weighted by atomic mass is 19.3. The van der Waals surface area contributed by atoms with Crippen LogP contribution in [0.4, 0.5) is 29.2 Å². The van der Waals surface area contributed by atoms with Crippen molar-refractivity contribution in [2.24, 2.45) is 0 Å². The number of fused-ring (bicyclic) bond motifs is 2. The molecule has 0 unspecified atom stereocenters. The van der Waals surface area contributed by atoms with Crippen molar-refractivity contribution in [1.29, 1.82) is 0 Å². The fourth-order valence-corrected chi connectivity index (χ4v) is 5.43. The predicted molar refractivity (Wildman–Crippen MR) is 190 cm³/mol. The van der Waals surface area contributed by atoms with Crippen LogP contribution < -0.4 is 29.6 Å². The molecular formula is C39H28F4N6O6. The van der Waals surface area contributed by atoms with Gasteiger partial charge in [-0.3, -0.25) is 19.6 Å². The number of aryl methyl sites for hydroxylation is 3. The number of benzene rings is 4. The highest BCUT2D eigenvalue weighted by Gasteiger charge is 2.43. The number of nitrogens with zero attached hydrogens (tertiary/aromatic N) is 4. The second-order valence-electron chi connectivity index (χ2n) is 12.1. The molecule has 2 aliphatic rings. The van der Waals surface area contributed by atoms with E-state index in [0.29, 0.717) is 33.6 Å². The Bertz CT molecular complexity index is 2510. The topological polar surface area (TPSA) is 147 Å². The Balaban J connectivity index is 0.000000174. The SMILES string of the molecule is Cc1ccc(C(=O)Nc2cnc(-c3cc4c(cc3C)OC(F)(F)O4)cn2)cc1.[2H]C1([2H])Oc2cc(C)c(-c3cnc(NC(=O)c4c(F)cccc4F)cn3)cc2O1. The molecule has 0 fully saturated rings. The lowest BCUT2D eigenvalue weighted by molar-refractivity contribution is -0.286. The van der Waals surface area contributed by atoms with Crippen LogP contribution in [0.25, 0.3) is 22.5 Å². The first-order valence-electron chi connectivity index (χ1n) is 17.3. The third-order valence-corrected chi connectivity index (χ3v) is 8.18. The summed E-state index contributed by atoms with van der Waals surface area (Å²) in [5, 5.41) is 4.97. The summed E-state index contributed by atoms with van der Waals surface area (Å²) in [7, 11) is 0. The smallest absolute Gasteiger partial charge is 0.454 e. The van der Waals surface area contributed by atoms with Crippen molar-refractivity contribution in [3.05, 3.63) is 131 Å². The molecule has 6 aromatic rings. The molecule has 2 N–H and O–H groups in total. The van der Waals surface area contributed by atoms with E-state index >= 15 is 0 Å². The summed E-state index contributed by atoms with van der Waals surface area (Å²) >= 11 is 0. The van der Waals surface area contributed by atoms with E-state index in [2.05, 4.69) is 40.0 Å². The van der Waals surface area contributed by atoms with E-state index in [9.17, 15) is 27.2 Å². The molecule has 0 spiro atoms. The number of alkyl halides is 2. The summed E-state index contributed by atoms with van der Waals surface area (Å²) in [5.74, 6) is -2.55. The van der Waals surface area contributed by atoms with Crippen molar-refractivity contribution in [3.63, 3.8) is 0 Å². The zero-order valence-corrected chi connectivity index (χ0v) is 28.9. The highest BCUT2D eigenvalue weighted by Crippen LogP contribution is 2.44. The van der Waals surface area contributed by atoms with Gasteiger partial charge in [0.25, 0.3) is 11.8 Å². The van der Waals surface area contributed by atoms with Crippen LogP contribution in [0.15, 0.2) is 91.5 Å². The molecule has 8 rings (SSSR count). The van der Waals surface area contributed by atoms with Crippen LogP contribution in [0, 0.1) is 32.4 Å². The molecule has 2 aliphatic heterocycles. The number of carbonyl (C=O) groups is 2. The van der Waals surface area contributed by atoms with Crippen LogP contribution in [-0.2, 0) is 0 Å². The first kappa shape index (κ1) is 33.7. The zero-order valence-electron chi connectivity index (χ0n) is 30.9. The molecule has 0 radical (unpaired) electrons. The van der Waals surface area contributed by atoms with Crippen LogP contribution in [0.5, 0.6) is 23.0 Å². The lowest BCUT2D eigenvalue weighted by Crippen LogP contribution is -2.25. The molecule has 16 heteroatoms. The highest BCUT2D eigenvalue weighted by molar-refractivity contribution is 6.04. The van der Waals surface area contributed by atoms with Gasteiger partial charge in [-0.2, -0.15) is 0 Å². The number of nitrogens with one attached hydrogen (secondary N) is 2. The number of hydrogen-bond acceptors (Lipinski definition) is 10. The molecule has 4 aromatic carbocycles. The fourth-order valence-electron chi connectivity index (χ4n) is 5.43. The van der Waals surface area contributed by atoms with Crippen LogP contribution >= 0.6 is 0 Å². The number of carbonyl (C=O) groups excluding carboxylic acids is 2. The summed E-state index contributed by atoms with van der Waals surface area (Å²) in [5.41, 5.74) is 4.33. The van der Waals surface area contributed by atoms with Gasteiger partial charge in [0.1, 0.15) is 19.9 Å². The average molecular weight is 755 g/mol. The van der Waals surface area contributed by atoms with Crippen molar-refractivity contribution in [2.45, 2.75) is 27.1 Å². The van der Waals surface area contributed by atoms with Crippen molar-refractivity contribution in [2.75, 3.05) is 17.4 Å². The molecule has 12 nitrogen and oxygen atoms in total. The summed E-state index contributed by atoms with van der Waals surface area (Å²) in [6.45, 7) is 3.22. The predicted octanol–water partition coefficient (Wildman–Crippen LogP) is 8.05. The minimum Gasteiger partial charge on any atom is -0.454 e. The number of amides is 2. The first-order chi connectivity index (χ1) is 27.0. The van der Waals surface area contributed by atoms with E-state index in [4.69, 9.17) is 12.2 Å². The van der Waals surface area contributed by atoms with Gasteiger partial charge in [0, 0.05) is 16.7 Å². The molecule has 0 saturated heterocycles. The first-order valence-corrected chi connectivity index (χ1v) is 16.3. The monoisotopic (exact) mass is 754 g/mol. The third kappa shape index (κ3) is 7.97. The van der Waals surface area contributed by atoms with E-state index in [-0.39, 0.29) is 40.5 Å². The number of halogens is 4. The molecular weight excluding hydrogens is 724 g/mol. The van der Waals surface area contributed by atoms with E-state index in [1.165, 1.54) is 36.9 Å². The standard InChI is InChI=1S/C20H15F2N3O3.C19H13F2N3O3/c1-11-3-5-13(6-4-11)19(26)25-18-10-23-15(9-24-18)14-8-17-16(7-12(14)2)27-20(21,22)28-17;1-10-5-15-16(27-9-26-15)6-11(10)14-7-23-17(8-22-14)24-19(25)18-12(20)3-2-4-13(18)21/h3-10H,1-2H3,(H,24,25,26);2-8H,9H2,1H3,(H,23,24,25)/i;9D2. The molecule has 0 saturated carbocycles. The number of rotatable bonds is 6. The van der Waals surface area contributed by atoms with Gasteiger partial charge in [-0.05, 0) is 80.4 Å². The van der Waals surface area contributed by atoms with Gasteiger partial charge in [0.15, 0.2) is 34.6 Å². The molecule has 0 atom stereocenters. The molecule has 0 bridgehead atoms. The van der Waals surface area contributed by atoms with Crippen LogP contribution in [0.1, 0.15) is 40.1 Å². The Hall–Kier alpha value is -7.10. The minimum absolute atomic E-state index is 0.0103. The van der Waals surface area contributed by atoms with E-state index in [1.807, 2.05) is 19.1 Å². The fraction of sp³-hybridized carbons (Fsp3) is 0.128. The second-order valence-corrected chi connectivity index (χ2v) is 12.1.